The molecule has 1 aliphatic rings. The van der Waals surface area contributed by atoms with Crippen molar-refractivity contribution < 1.29 is 5.11 Å². The van der Waals surface area contributed by atoms with E-state index in [0.717, 1.165) is 6.42 Å². The van der Waals surface area contributed by atoms with Gasteiger partial charge in [-0.2, -0.15) is 0 Å². The molecule has 3 heteroatoms. The Morgan fingerprint density at radius 3 is 2.92 bits per heavy atom. The van der Waals surface area contributed by atoms with Gasteiger partial charge in [-0.3, -0.25) is 5.09 Å². The van der Waals surface area contributed by atoms with E-state index in [1.165, 1.54) is 11.1 Å². The zero-order chi connectivity index (χ0) is 8.55. The van der Waals surface area contributed by atoms with Crippen molar-refractivity contribution in [2.45, 2.75) is 18.6 Å². The molecule has 12 heavy (non-hydrogen) atoms. The number of aliphatic hydroxyl groups excluding tert-OH is 1. The molecule has 2 nitrogen and oxygen atoms in total. The second-order valence-electron chi connectivity index (χ2n) is 3.11. The van der Waals surface area contributed by atoms with Crippen molar-refractivity contribution >= 4 is 9.39 Å². The minimum absolute atomic E-state index is 0.0891. The summed E-state index contributed by atoms with van der Waals surface area (Å²) in [5, 5.41) is 12.7. The van der Waals surface area contributed by atoms with E-state index < -0.39 is 0 Å². The van der Waals surface area contributed by atoms with Crippen LogP contribution in [0.1, 0.15) is 17.2 Å². The molecule has 3 unspecified atom stereocenters. The normalized spacial score (nSPS) is 27.2. The minimum atomic E-state index is -0.278. The number of nitrogens with one attached hydrogen (secondary N) is 1. The maximum atomic E-state index is 9.63. The first kappa shape index (κ1) is 8.18. The highest BCUT2D eigenvalue weighted by atomic mass is 31.0. The summed E-state index contributed by atoms with van der Waals surface area (Å²) in [6.45, 7) is 0. The van der Waals surface area contributed by atoms with E-state index in [4.69, 9.17) is 0 Å². The first-order valence-corrected chi connectivity index (χ1v) is 4.62. The molecule has 3 atom stereocenters. The van der Waals surface area contributed by atoms with Crippen molar-refractivity contribution in [1.29, 1.82) is 0 Å². The van der Waals surface area contributed by atoms with Crippen LogP contribution in [0.3, 0.4) is 0 Å². The Bertz CT molecular complexity index is 290. The first-order valence-electron chi connectivity index (χ1n) is 4.05. The van der Waals surface area contributed by atoms with Crippen LogP contribution in [-0.2, 0) is 6.42 Å². The monoisotopic (exact) mass is 181 g/mol. The Balaban J connectivity index is 2.40. The summed E-state index contributed by atoms with van der Waals surface area (Å²) in [7, 11) is 2.46. The Morgan fingerprint density at radius 2 is 2.17 bits per heavy atom. The zero-order valence-electron chi connectivity index (χ0n) is 6.70. The molecule has 1 aromatic carbocycles. The summed E-state index contributed by atoms with van der Waals surface area (Å²) >= 11 is 0. The maximum absolute atomic E-state index is 9.63. The van der Waals surface area contributed by atoms with E-state index in [1.807, 2.05) is 12.1 Å². The average molecular weight is 181 g/mol. The lowest BCUT2D eigenvalue weighted by Crippen LogP contribution is -2.21. The van der Waals surface area contributed by atoms with E-state index >= 15 is 0 Å². The lowest BCUT2D eigenvalue weighted by molar-refractivity contribution is 0.153. The molecule has 0 saturated heterocycles. The molecule has 0 heterocycles. The molecule has 1 aromatic rings. The number of hydrogen-bond donors (Lipinski definition) is 2. The quantitative estimate of drug-likeness (QED) is 0.634. The number of benzene rings is 1. The number of rotatable bonds is 1. The van der Waals surface area contributed by atoms with Crippen LogP contribution in [0.25, 0.3) is 0 Å². The van der Waals surface area contributed by atoms with Crippen LogP contribution in [0.5, 0.6) is 0 Å². The van der Waals surface area contributed by atoms with E-state index in [9.17, 15) is 5.11 Å². The summed E-state index contributed by atoms with van der Waals surface area (Å²) in [5.41, 5.74) is 2.48. The summed E-state index contributed by atoms with van der Waals surface area (Å²) in [6.07, 6.45) is 0.488. The summed E-state index contributed by atoms with van der Waals surface area (Å²) in [4.78, 5) is 0. The Hall–Kier alpha value is -0.430. The van der Waals surface area contributed by atoms with Crippen LogP contribution in [0.15, 0.2) is 24.3 Å². The molecule has 2 N–H and O–H groups in total. The van der Waals surface area contributed by atoms with Crippen LogP contribution in [0.2, 0.25) is 0 Å². The van der Waals surface area contributed by atoms with Crippen molar-refractivity contribution in [1.82, 2.24) is 5.09 Å². The molecule has 0 aromatic heterocycles. The standard InChI is InChI=1S/C9H12NOP/c11-8-5-6-3-1-2-4-7(6)9(8)10-12/h1-4,8-11H,5,12H2. The first-order chi connectivity index (χ1) is 5.83. The third-order valence-corrected chi connectivity index (χ3v) is 2.74. The van der Waals surface area contributed by atoms with Crippen molar-refractivity contribution in [3.63, 3.8) is 0 Å². The minimum Gasteiger partial charge on any atom is -0.391 e. The van der Waals surface area contributed by atoms with Crippen molar-refractivity contribution in [2.24, 2.45) is 0 Å². The molecule has 64 valence electrons. The molecule has 0 saturated carbocycles. The summed E-state index contributed by atoms with van der Waals surface area (Å²) < 4.78 is 0. The smallest absolute Gasteiger partial charge is 0.0777 e. The second kappa shape index (κ2) is 3.14. The zero-order valence-corrected chi connectivity index (χ0v) is 7.85. The van der Waals surface area contributed by atoms with Gasteiger partial charge in [0, 0.05) is 6.42 Å². The van der Waals surface area contributed by atoms with Gasteiger partial charge in [-0.25, -0.2) is 0 Å². The molecule has 0 aliphatic heterocycles. The van der Waals surface area contributed by atoms with Gasteiger partial charge in [-0.15, -0.1) is 0 Å². The SMILES string of the molecule is OC1Cc2ccccc2C1NP. The Morgan fingerprint density at radius 1 is 1.42 bits per heavy atom. The van der Waals surface area contributed by atoms with Crippen LogP contribution in [0, 0.1) is 0 Å². The lowest BCUT2D eigenvalue weighted by atomic mass is 10.1. The molecule has 2 rings (SSSR count). The van der Waals surface area contributed by atoms with Gasteiger partial charge in [-0.1, -0.05) is 33.7 Å². The number of hydrogen-bond acceptors (Lipinski definition) is 2. The fraction of sp³-hybridized carbons (Fsp3) is 0.333. The largest absolute Gasteiger partial charge is 0.391 e. The Labute approximate surface area is 74.3 Å². The third kappa shape index (κ3) is 1.16. The van der Waals surface area contributed by atoms with E-state index in [1.54, 1.807) is 0 Å². The average Bonchev–Trinajstić information content (AvgIpc) is 2.40. The highest BCUT2D eigenvalue weighted by molar-refractivity contribution is 7.13. The van der Waals surface area contributed by atoms with Crippen LogP contribution in [-0.4, -0.2) is 11.2 Å². The van der Waals surface area contributed by atoms with Crippen molar-refractivity contribution in [3.8, 4) is 0 Å². The molecular formula is C9H12NOP. The van der Waals surface area contributed by atoms with Gasteiger partial charge in [0.2, 0.25) is 0 Å². The predicted molar refractivity (Wildman–Crippen MR) is 51.7 cm³/mol. The van der Waals surface area contributed by atoms with Gasteiger partial charge in [0.25, 0.3) is 0 Å². The van der Waals surface area contributed by atoms with Gasteiger partial charge in [0.15, 0.2) is 0 Å². The fourth-order valence-electron chi connectivity index (χ4n) is 1.77. The molecule has 0 fully saturated rings. The summed E-state index contributed by atoms with van der Waals surface area (Å²) in [5.74, 6) is 0. The molecule has 0 spiro atoms. The van der Waals surface area contributed by atoms with Gasteiger partial charge in [0.1, 0.15) is 0 Å². The van der Waals surface area contributed by atoms with E-state index in [-0.39, 0.29) is 12.1 Å². The highest BCUT2D eigenvalue weighted by Crippen LogP contribution is 2.31. The highest BCUT2D eigenvalue weighted by Gasteiger charge is 2.28. The second-order valence-corrected chi connectivity index (χ2v) is 3.45. The predicted octanol–water partition coefficient (Wildman–Crippen LogP) is 1.02. The maximum Gasteiger partial charge on any atom is 0.0777 e. The lowest BCUT2D eigenvalue weighted by Gasteiger charge is -2.13. The number of aliphatic hydroxyl groups is 1. The van der Waals surface area contributed by atoms with Gasteiger partial charge < -0.3 is 5.11 Å². The Kier molecular flexibility index (Phi) is 2.14. The van der Waals surface area contributed by atoms with Crippen molar-refractivity contribution in [3.05, 3.63) is 35.4 Å². The molecule has 0 amide bonds. The summed E-state index contributed by atoms with van der Waals surface area (Å²) in [6, 6.07) is 8.24. The van der Waals surface area contributed by atoms with Crippen molar-refractivity contribution in [2.75, 3.05) is 0 Å². The van der Waals surface area contributed by atoms with Gasteiger partial charge in [-0.05, 0) is 11.1 Å². The number of fused-ring (bicyclic) bond motifs is 1. The van der Waals surface area contributed by atoms with Gasteiger partial charge in [0.05, 0.1) is 12.1 Å². The van der Waals surface area contributed by atoms with Crippen LogP contribution < -0.4 is 5.09 Å². The van der Waals surface area contributed by atoms with E-state index in [0.29, 0.717) is 0 Å². The third-order valence-electron chi connectivity index (χ3n) is 2.38. The fourth-order valence-corrected chi connectivity index (χ4v) is 2.18. The molecular weight excluding hydrogens is 169 g/mol. The topological polar surface area (TPSA) is 32.3 Å². The van der Waals surface area contributed by atoms with Gasteiger partial charge >= 0.3 is 0 Å². The van der Waals surface area contributed by atoms with E-state index in [2.05, 4.69) is 26.6 Å². The van der Waals surface area contributed by atoms with Crippen LogP contribution in [0.4, 0.5) is 0 Å². The molecule has 0 bridgehead atoms. The molecule has 0 radical (unpaired) electrons. The van der Waals surface area contributed by atoms with Crippen LogP contribution >= 0.6 is 9.39 Å². The molecule has 1 aliphatic carbocycles.